The Hall–Kier alpha value is -4.26. The molecule has 3 atom stereocenters. The van der Waals surface area contributed by atoms with Crippen LogP contribution in [0.4, 0.5) is 5.69 Å². The third kappa shape index (κ3) is 4.35. The molecule has 0 aromatic heterocycles. The normalized spacial score (nSPS) is 22.7. The molecule has 1 N–H and O–H groups in total. The summed E-state index contributed by atoms with van der Waals surface area (Å²) in [6.45, 7) is 7.14. The van der Waals surface area contributed by atoms with E-state index >= 15 is 0 Å². The Morgan fingerprint density at radius 1 is 0.780 bits per heavy atom. The second-order valence-electron chi connectivity index (χ2n) is 11.9. The summed E-state index contributed by atoms with van der Waals surface area (Å²) in [7, 11) is 0. The lowest BCUT2D eigenvalue weighted by Crippen LogP contribution is -2.47. The SMILES string of the molecule is Cc1cccc(C)c1NC(=O)COC(=O)[C@@H](CC(C)C)N1C(=O)[C@@H]2C3c4ccccc4C(c4ccccc43)[C@@H]2C1=O. The fraction of sp³-hybridized carbons (Fsp3) is 0.353. The lowest BCUT2D eigenvalue weighted by molar-refractivity contribution is -0.160. The Bertz CT molecular complexity index is 1440. The van der Waals surface area contributed by atoms with E-state index in [0.717, 1.165) is 33.4 Å². The molecule has 0 unspecified atom stereocenters. The summed E-state index contributed by atoms with van der Waals surface area (Å²) in [5.74, 6) is -3.53. The molecule has 3 amide bonds. The second-order valence-corrected chi connectivity index (χ2v) is 11.9. The van der Waals surface area contributed by atoms with Crippen LogP contribution >= 0.6 is 0 Å². The zero-order chi connectivity index (χ0) is 29.0. The van der Waals surface area contributed by atoms with Crippen molar-refractivity contribution in [2.75, 3.05) is 11.9 Å². The second kappa shape index (κ2) is 10.3. The van der Waals surface area contributed by atoms with Gasteiger partial charge < -0.3 is 10.1 Å². The zero-order valence-electron chi connectivity index (χ0n) is 23.7. The topological polar surface area (TPSA) is 92.8 Å². The van der Waals surface area contributed by atoms with Gasteiger partial charge in [-0.3, -0.25) is 19.3 Å². The number of carbonyl (C=O) groups is 4. The third-order valence-corrected chi connectivity index (χ3v) is 8.85. The molecule has 4 aliphatic rings. The van der Waals surface area contributed by atoms with Crippen LogP contribution in [0.25, 0.3) is 0 Å². The summed E-state index contributed by atoms with van der Waals surface area (Å²) in [6.07, 6.45) is 0.253. The van der Waals surface area contributed by atoms with Crippen molar-refractivity contribution in [2.24, 2.45) is 17.8 Å². The van der Waals surface area contributed by atoms with E-state index in [1.807, 2.05) is 94.4 Å². The molecule has 1 saturated heterocycles. The van der Waals surface area contributed by atoms with Crippen molar-refractivity contribution in [3.63, 3.8) is 0 Å². The highest BCUT2D eigenvalue weighted by atomic mass is 16.5. The third-order valence-electron chi connectivity index (χ3n) is 8.85. The molecule has 7 rings (SSSR count). The van der Waals surface area contributed by atoms with E-state index in [0.29, 0.717) is 5.69 Å². The minimum Gasteiger partial charge on any atom is -0.454 e. The van der Waals surface area contributed by atoms with E-state index in [1.54, 1.807) is 0 Å². The fourth-order valence-electron chi connectivity index (χ4n) is 7.18. The Morgan fingerprint density at radius 2 is 1.24 bits per heavy atom. The molecule has 41 heavy (non-hydrogen) atoms. The van der Waals surface area contributed by atoms with Crippen LogP contribution in [0.3, 0.4) is 0 Å². The van der Waals surface area contributed by atoms with Gasteiger partial charge in [0.25, 0.3) is 5.91 Å². The number of ether oxygens (including phenoxy) is 1. The van der Waals surface area contributed by atoms with Crippen molar-refractivity contribution in [1.82, 2.24) is 4.90 Å². The largest absolute Gasteiger partial charge is 0.454 e. The number of para-hydroxylation sites is 1. The van der Waals surface area contributed by atoms with Crippen LogP contribution in [0.1, 0.15) is 65.5 Å². The molecule has 2 bridgehead atoms. The summed E-state index contributed by atoms with van der Waals surface area (Å²) >= 11 is 0. The minimum atomic E-state index is -1.10. The van der Waals surface area contributed by atoms with E-state index in [9.17, 15) is 19.2 Å². The van der Waals surface area contributed by atoms with Crippen LogP contribution in [-0.2, 0) is 23.9 Å². The Kier molecular flexibility index (Phi) is 6.76. The number of hydrogen-bond donors (Lipinski definition) is 1. The molecule has 1 aliphatic heterocycles. The average Bonchev–Trinajstić information content (AvgIpc) is 3.22. The number of nitrogens with zero attached hydrogens (tertiary/aromatic N) is 1. The molecular weight excluding hydrogens is 516 g/mol. The van der Waals surface area contributed by atoms with Gasteiger partial charge >= 0.3 is 5.97 Å². The number of nitrogens with one attached hydrogen (secondary N) is 1. The van der Waals surface area contributed by atoms with Crippen LogP contribution < -0.4 is 5.32 Å². The van der Waals surface area contributed by atoms with Crippen LogP contribution in [0.2, 0.25) is 0 Å². The van der Waals surface area contributed by atoms with E-state index < -0.39 is 36.4 Å². The Morgan fingerprint density at radius 3 is 1.68 bits per heavy atom. The number of benzene rings is 3. The first-order valence-electron chi connectivity index (χ1n) is 14.3. The van der Waals surface area contributed by atoms with Gasteiger partial charge in [0, 0.05) is 17.5 Å². The highest BCUT2D eigenvalue weighted by molar-refractivity contribution is 6.10. The van der Waals surface area contributed by atoms with Gasteiger partial charge in [0.1, 0.15) is 6.04 Å². The van der Waals surface area contributed by atoms with Crippen molar-refractivity contribution in [3.8, 4) is 0 Å². The van der Waals surface area contributed by atoms with Gasteiger partial charge in [-0.15, -0.1) is 0 Å². The quantitative estimate of drug-likeness (QED) is 0.327. The van der Waals surface area contributed by atoms with Crippen LogP contribution in [0.15, 0.2) is 66.7 Å². The highest BCUT2D eigenvalue weighted by Crippen LogP contribution is 2.61. The number of aryl methyl sites for hydroxylation is 2. The predicted octanol–water partition coefficient (Wildman–Crippen LogP) is 5.09. The van der Waals surface area contributed by atoms with Crippen LogP contribution in [0.5, 0.6) is 0 Å². The number of esters is 1. The van der Waals surface area contributed by atoms with Gasteiger partial charge in [0.15, 0.2) is 6.61 Å². The number of amides is 3. The first-order valence-corrected chi connectivity index (χ1v) is 14.3. The monoisotopic (exact) mass is 550 g/mol. The Labute approximate surface area is 239 Å². The first-order chi connectivity index (χ1) is 19.7. The Balaban J connectivity index is 1.27. The number of carbonyl (C=O) groups excluding carboxylic acids is 4. The smallest absolute Gasteiger partial charge is 0.329 e. The van der Waals surface area contributed by atoms with E-state index in [4.69, 9.17) is 4.74 Å². The summed E-state index contributed by atoms with van der Waals surface area (Å²) < 4.78 is 5.48. The minimum absolute atomic E-state index is 0.00494. The lowest BCUT2D eigenvalue weighted by atomic mass is 9.55. The molecule has 1 heterocycles. The summed E-state index contributed by atoms with van der Waals surface area (Å²) in [4.78, 5) is 55.7. The average molecular weight is 551 g/mol. The zero-order valence-corrected chi connectivity index (χ0v) is 23.7. The lowest BCUT2D eigenvalue weighted by Gasteiger charge is -2.45. The summed E-state index contributed by atoms with van der Waals surface area (Å²) in [6, 6.07) is 20.7. The van der Waals surface area contributed by atoms with Crippen molar-refractivity contribution in [1.29, 1.82) is 0 Å². The molecule has 1 fully saturated rings. The highest BCUT2D eigenvalue weighted by Gasteiger charge is 2.63. The van der Waals surface area contributed by atoms with Crippen LogP contribution in [0, 0.1) is 31.6 Å². The van der Waals surface area contributed by atoms with Crippen molar-refractivity contribution >= 4 is 29.4 Å². The van der Waals surface area contributed by atoms with Gasteiger partial charge in [-0.2, -0.15) is 0 Å². The molecule has 7 heteroatoms. The maximum atomic E-state index is 14.2. The van der Waals surface area contributed by atoms with E-state index in [2.05, 4.69) is 5.32 Å². The van der Waals surface area contributed by atoms with Crippen molar-refractivity contribution in [2.45, 2.75) is 52.0 Å². The molecule has 0 radical (unpaired) electrons. The number of anilines is 1. The molecule has 3 aromatic rings. The molecule has 3 aliphatic carbocycles. The molecule has 7 nitrogen and oxygen atoms in total. The van der Waals surface area contributed by atoms with Gasteiger partial charge in [-0.05, 0) is 59.6 Å². The number of likely N-dealkylation sites (tertiary alicyclic amines) is 1. The fourth-order valence-corrected chi connectivity index (χ4v) is 7.18. The molecule has 210 valence electrons. The summed E-state index contributed by atoms with van der Waals surface area (Å²) in [5, 5.41) is 2.82. The van der Waals surface area contributed by atoms with Crippen molar-refractivity contribution < 1.29 is 23.9 Å². The molecule has 0 spiro atoms. The molecule has 3 aromatic carbocycles. The maximum Gasteiger partial charge on any atom is 0.329 e. The predicted molar refractivity (Wildman–Crippen MR) is 154 cm³/mol. The number of imide groups is 1. The van der Waals surface area contributed by atoms with Gasteiger partial charge in [-0.25, -0.2) is 4.79 Å². The van der Waals surface area contributed by atoms with Gasteiger partial charge in [0.05, 0.1) is 11.8 Å². The maximum absolute atomic E-state index is 14.2. The first kappa shape index (κ1) is 26.9. The number of hydrogen-bond acceptors (Lipinski definition) is 5. The number of rotatable bonds is 7. The molecular formula is C34H34N2O5. The van der Waals surface area contributed by atoms with Crippen molar-refractivity contribution in [3.05, 3.63) is 100 Å². The van der Waals surface area contributed by atoms with Gasteiger partial charge in [0.2, 0.25) is 11.8 Å². The summed E-state index contributed by atoms with van der Waals surface area (Å²) in [5.41, 5.74) is 6.77. The van der Waals surface area contributed by atoms with E-state index in [-0.39, 0.29) is 36.0 Å². The van der Waals surface area contributed by atoms with Gasteiger partial charge in [-0.1, -0.05) is 80.6 Å². The van der Waals surface area contributed by atoms with Crippen LogP contribution in [-0.4, -0.2) is 41.2 Å². The molecule has 0 saturated carbocycles. The standard InChI is InChI=1S/C34H34N2O5/c1-18(2)16-25(34(40)41-17-26(37)35-31-19(3)10-9-11-20(31)4)36-32(38)29-27-21-12-5-6-13-22(21)28(30(29)33(36)39)24-15-8-7-14-23(24)27/h5-15,18,25,27-30H,16-17H2,1-4H3,(H,35,37)/t25-,27?,28?,29-,30+/m1/s1. The van der Waals surface area contributed by atoms with E-state index in [1.165, 1.54) is 4.90 Å².